The van der Waals surface area contributed by atoms with Crippen molar-refractivity contribution in [2.75, 3.05) is 11.9 Å². The van der Waals surface area contributed by atoms with Crippen molar-refractivity contribution in [3.8, 4) is 5.82 Å². The van der Waals surface area contributed by atoms with E-state index < -0.39 is 0 Å². The second-order valence-corrected chi connectivity index (χ2v) is 5.89. The highest BCUT2D eigenvalue weighted by Crippen LogP contribution is 2.21. The molecule has 3 heterocycles. The number of rotatable bonds is 4. The number of pyridine rings is 1. The fourth-order valence-electron chi connectivity index (χ4n) is 2.65. The van der Waals surface area contributed by atoms with E-state index in [0.29, 0.717) is 18.1 Å². The van der Waals surface area contributed by atoms with E-state index in [2.05, 4.69) is 15.4 Å². The monoisotopic (exact) mass is 313 g/mol. The highest BCUT2D eigenvalue weighted by atomic mass is 16.2. The number of hydrogen-bond acceptors (Lipinski definition) is 4. The number of nitrogens with one attached hydrogen (secondary N) is 1. The van der Waals surface area contributed by atoms with Crippen molar-refractivity contribution in [1.82, 2.24) is 19.7 Å². The Morgan fingerprint density at radius 1 is 1.39 bits per heavy atom. The molecule has 0 radical (unpaired) electrons. The molecule has 0 saturated carbocycles. The normalized spacial score (nSPS) is 17.8. The number of carbonyl (C=O) groups is 2. The van der Waals surface area contributed by atoms with E-state index >= 15 is 0 Å². The zero-order valence-electron chi connectivity index (χ0n) is 13.1. The molecule has 2 amide bonds. The number of aromatic nitrogens is 3. The Hall–Kier alpha value is -2.70. The van der Waals surface area contributed by atoms with E-state index in [1.54, 1.807) is 40.3 Å². The van der Waals surface area contributed by atoms with Gasteiger partial charge in [-0.25, -0.2) is 9.67 Å². The minimum absolute atomic E-state index is 0.0345. The van der Waals surface area contributed by atoms with Crippen LogP contribution in [0.4, 0.5) is 5.69 Å². The van der Waals surface area contributed by atoms with Gasteiger partial charge in [0.05, 0.1) is 17.8 Å². The maximum absolute atomic E-state index is 12.3. The lowest BCUT2D eigenvalue weighted by Gasteiger charge is -2.20. The molecule has 1 aliphatic rings. The predicted octanol–water partition coefficient (Wildman–Crippen LogP) is 1.46. The molecule has 2 aromatic rings. The SMILES string of the molecule is CC(C)N1CC(C(=O)Nc2ccc(-n3cccn3)nc2)CC1=O. The number of amides is 2. The lowest BCUT2D eigenvalue weighted by atomic mass is 10.1. The van der Waals surface area contributed by atoms with E-state index in [4.69, 9.17) is 0 Å². The summed E-state index contributed by atoms with van der Waals surface area (Å²) < 4.78 is 1.64. The molecule has 120 valence electrons. The lowest BCUT2D eigenvalue weighted by Crippen LogP contribution is -2.33. The molecule has 1 N–H and O–H groups in total. The van der Waals surface area contributed by atoms with Crippen molar-refractivity contribution in [2.24, 2.45) is 5.92 Å². The van der Waals surface area contributed by atoms with Crippen molar-refractivity contribution < 1.29 is 9.59 Å². The Balaban J connectivity index is 1.63. The second kappa shape index (κ2) is 6.20. The summed E-state index contributed by atoms with van der Waals surface area (Å²) in [6, 6.07) is 5.49. The fraction of sp³-hybridized carbons (Fsp3) is 0.375. The van der Waals surface area contributed by atoms with E-state index in [9.17, 15) is 9.59 Å². The van der Waals surface area contributed by atoms with Crippen LogP contribution < -0.4 is 5.32 Å². The third-order valence-electron chi connectivity index (χ3n) is 3.91. The molecule has 2 aromatic heterocycles. The van der Waals surface area contributed by atoms with Crippen LogP contribution in [0.1, 0.15) is 20.3 Å². The summed E-state index contributed by atoms with van der Waals surface area (Å²) in [5.41, 5.74) is 0.612. The van der Waals surface area contributed by atoms with E-state index in [1.807, 2.05) is 19.9 Å². The standard InChI is InChI=1S/C16H19N5O2/c1-11(2)20-10-12(8-15(20)22)16(23)19-13-4-5-14(17-9-13)21-7-3-6-18-21/h3-7,9,11-12H,8,10H2,1-2H3,(H,19,23). The minimum Gasteiger partial charge on any atom is -0.339 e. The van der Waals surface area contributed by atoms with Crippen LogP contribution in [0, 0.1) is 5.92 Å². The van der Waals surface area contributed by atoms with Crippen molar-refractivity contribution in [1.29, 1.82) is 0 Å². The zero-order chi connectivity index (χ0) is 16.4. The van der Waals surface area contributed by atoms with Gasteiger partial charge in [0, 0.05) is 31.4 Å². The van der Waals surface area contributed by atoms with Crippen molar-refractivity contribution in [3.05, 3.63) is 36.8 Å². The maximum atomic E-state index is 12.3. The molecule has 1 saturated heterocycles. The van der Waals surface area contributed by atoms with Crippen LogP contribution in [0.15, 0.2) is 36.8 Å². The minimum atomic E-state index is -0.310. The van der Waals surface area contributed by atoms with Gasteiger partial charge in [-0.1, -0.05) is 0 Å². The molecule has 1 aliphatic heterocycles. The van der Waals surface area contributed by atoms with Crippen LogP contribution in [0.25, 0.3) is 5.82 Å². The van der Waals surface area contributed by atoms with Crippen molar-refractivity contribution >= 4 is 17.5 Å². The molecule has 0 aliphatic carbocycles. The molecular weight excluding hydrogens is 294 g/mol. The van der Waals surface area contributed by atoms with E-state index in [-0.39, 0.29) is 30.2 Å². The summed E-state index contributed by atoms with van der Waals surface area (Å²) in [6.45, 7) is 4.38. The molecule has 0 spiro atoms. The number of nitrogens with zero attached hydrogens (tertiary/aromatic N) is 4. The number of carbonyl (C=O) groups excluding carboxylic acids is 2. The van der Waals surface area contributed by atoms with Crippen LogP contribution in [0.3, 0.4) is 0 Å². The van der Waals surface area contributed by atoms with Gasteiger partial charge >= 0.3 is 0 Å². The van der Waals surface area contributed by atoms with Gasteiger partial charge in [0.15, 0.2) is 5.82 Å². The summed E-state index contributed by atoms with van der Waals surface area (Å²) >= 11 is 0. The van der Waals surface area contributed by atoms with Crippen molar-refractivity contribution in [3.63, 3.8) is 0 Å². The van der Waals surface area contributed by atoms with Gasteiger partial charge in [-0.3, -0.25) is 9.59 Å². The molecule has 1 unspecified atom stereocenters. The van der Waals surface area contributed by atoms with Crippen LogP contribution in [-0.2, 0) is 9.59 Å². The quantitative estimate of drug-likeness (QED) is 0.927. The Bertz CT molecular complexity index is 694. The maximum Gasteiger partial charge on any atom is 0.229 e. The molecule has 7 heteroatoms. The third kappa shape index (κ3) is 3.23. The van der Waals surface area contributed by atoms with Crippen molar-refractivity contribution in [2.45, 2.75) is 26.3 Å². The van der Waals surface area contributed by atoms with Gasteiger partial charge in [0.1, 0.15) is 0 Å². The molecular formula is C16H19N5O2. The summed E-state index contributed by atoms with van der Waals surface area (Å²) in [6.07, 6.45) is 5.33. The predicted molar refractivity (Wildman–Crippen MR) is 84.9 cm³/mol. The van der Waals surface area contributed by atoms with Gasteiger partial charge in [0.2, 0.25) is 11.8 Å². The molecule has 1 fully saturated rings. The first-order chi connectivity index (χ1) is 11.0. The first kappa shape index (κ1) is 15.2. The van der Waals surface area contributed by atoms with E-state index in [0.717, 1.165) is 0 Å². The molecule has 3 rings (SSSR count). The summed E-state index contributed by atoms with van der Waals surface area (Å²) in [4.78, 5) is 30.2. The first-order valence-electron chi connectivity index (χ1n) is 7.61. The molecule has 0 aromatic carbocycles. The Morgan fingerprint density at radius 2 is 2.22 bits per heavy atom. The number of hydrogen-bond donors (Lipinski definition) is 1. The lowest BCUT2D eigenvalue weighted by molar-refractivity contribution is -0.129. The number of likely N-dealkylation sites (tertiary alicyclic amines) is 1. The first-order valence-corrected chi connectivity index (χ1v) is 7.61. The Kier molecular flexibility index (Phi) is 4.10. The fourth-order valence-corrected chi connectivity index (χ4v) is 2.65. The molecule has 23 heavy (non-hydrogen) atoms. The highest BCUT2D eigenvalue weighted by Gasteiger charge is 2.35. The number of anilines is 1. The second-order valence-electron chi connectivity index (χ2n) is 5.89. The van der Waals surface area contributed by atoms with Crippen LogP contribution in [-0.4, -0.2) is 44.1 Å². The van der Waals surface area contributed by atoms with Gasteiger partial charge in [-0.05, 0) is 32.0 Å². The topological polar surface area (TPSA) is 80.1 Å². The average Bonchev–Trinajstić information content (AvgIpc) is 3.17. The van der Waals surface area contributed by atoms with Gasteiger partial charge in [0.25, 0.3) is 0 Å². The Morgan fingerprint density at radius 3 is 2.78 bits per heavy atom. The highest BCUT2D eigenvalue weighted by molar-refractivity contribution is 5.97. The van der Waals surface area contributed by atoms with Crippen LogP contribution in [0.5, 0.6) is 0 Å². The largest absolute Gasteiger partial charge is 0.339 e. The third-order valence-corrected chi connectivity index (χ3v) is 3.91. The summed E-state index contributed by atoms with van der Waals surface area (Å²) in [5.74, 6) is 0.258. The van der Waals surface area contributed by atoms with Gasteiger partial charge in [-0.2, -0.15) is 5.10 Å². The van der Waals surface area contributed by atoms with Gasteiger partial charge in [-0.15, -0.1) is 0 Å². The summed E-state index contributed by atoms with van der Waals surface area (Å²) in [7, 11) is 0. The smallest absolute Gasteiger partial charge is 0.229 e. The molecule has 1 atom stereocenters. The van der Waals surface area contributed by atoms with Crippen LogP contribution >= 0.6 is 0 Å². The summed E-state index contributed by atoms with van der Waals surface area (Å²) in [5, 5.41) is 6.92. The molecule has 0 bridgehead atoms. The van der Waals surface area contributed by atoms with Gasteiger partial charge < -0.3 is 10.2 Å². The average molecular weight is 313 g/mol. The zero-order valence-corrected chi connectivity index (χ0v) is 13.1. The van der Waals surface area contributed by atoms with Crippen LogP contribution in [0.2, 0.25) is 0 Å². The van der Waals surface area contributed by atoms with E-state index in [1.165, 1.54) is 0 Å². The molecule has 7 nitrogen and oxygen atoms in total. The Labute approximate surface area is 134 Å².